The van der Waals surface area contributed by atoms with Gasteiger partial charge in [0.15, 0.2) is 11.5 Å². The average molecular weight is 458 g/mol. The zero-order valence-electron chi connectivity index (χ0n) is 18.8. The molecule has 0 aliphatic heterocycles. The van der Waals surface area contributed by atoms with E-state index in [0.717, 1.165) is 31.2 Å². The van der Waals surface area contributed by atoms with Gasteiger partial charge in [-0.15, -0.1) is 0 Å². The van der Waals surface area contributed by atoms with Crippen molar-refractivity contribution in [2.75, 3.05) is 5.32 Å². The fraction of sp³-hybridized carbons (Fsp3) is 0.222. The number of hydrogen-bond acceptors (Lipinski definition) is 4. The first-order valence-electron chi connectivity index (χ1n) is 11.4. The summed E-state index contributed by atoms with van der Waals surface area (Å²) in [4.78, 5) is 30.0. The van der Waals surface area contributed by atoms with Crippen LogP contribution in [0.5, 0.6) is 0 Å². The van der Waals surface area contributed by atoms with Crippen LogP contribution in [0.2, 0.25) is 0 Å². The zero-order chi connectivity index (χ0) is 23.7. The summed E-state index contributed by atoms with van der Waals surface area (Å²) in [5.74, 6) is 0.591. The minimum atomic E-state index is -0.392. The normalized spacial score (nSPS) is 13.8. The summed E-state index contributed by atoms with van der Waals surface area (Å²) in [7, 11) is 0. The van der Waals surface area contributed by atoms with Crippen molar-refractivity contribution in [1.29, 1.82) is 0 Å². The van der Waals surface area contributed by atoms with Crippen LogP contribution in [0.15, 0.2) is 71.3 Å². The van der Waals surface area contributed by atoms with Crippen LogP contribution in [0, 0.1) is 5.82 Å². The van der Waals surface area contributed by atoms with Gasteiger partial charge >= 0.3 is 0 Å². The van der Waals surface area contributed by atoms with Gasteiger partial charge in [0.1, 0.15) is 23.2 Å². The Balaban J connectivity index is 1.72. The predicted molar refractivity (Wildman–Crippen MR) is 127 cm³/mol. The fourth-order valence-electron chi connectivity index (χ4n) is 4.54. The van der Waals surface area contributed by atoms with E-state index in [1.165, 1.54) is 25.3 Å². The molecule has 1 saturated carbocycles. The molecule has 1 aliphatic carbocycles. The Labute approximate surface area is 196 Å². The number of furan rings is 1. The fourth-order valence-corrected chi connectivity index (χ4v) is 4.54. The molecule has 1 fully saturated rings. The zero-order valence-corrected chi connectivity index (χ0v) is 18.8. The number of carbonyl (C=O) groups excluding carboxylic acids is 2. The van der Waals surface area contributed by atoms with Crippen molar-refractivity contribution < 1.29 is 18.4 Å². The highest BCUT2D eigenvalue weighted by Gasteiger charge is 2.29. The number of halogens is 1. The number of rotatable bonds is 6. The highest BCUT2D eigenvalue weighted by molar-refractivity contribution is 6.04. The van der Waals surface area contributed by atoms with Crippen LogP contribution >= 0.6 is 0 Å². The number of carbonyl (C=O) groups is 2. The molecule has 0 radical (unpaired) electrons. The van der Waals surface area contributed by atoms with E-state index < -0.39 is 5.91 Å². The van der Waals surface area contributed by atoms with Crippen LogP contribution in [-0.4, -0.2) is 21.2 Å². The summed E-state index contributed by atoms with van der Waals surface area (Å²) >= 11 is 0. The number of nitrogens with zero attached hydrogens (tertiary/aromatic N) is 2. The van der Waals surface area contributed by atoms with E-state index in [0.29, 0.717) is 28.5 Å². The Morgan fingerprint density at radius 3 is 2.47 bits per heavy atom. The molecule has 7 heteroatoms. The predicted octanol–water partition coefficient (Wildman–Crippen LogP) is 6.52. The van der Waals surface area contributed by atoms with Crippen LogP contribution in [0.1, 0.15) is 59.6 Å². The van der Waals surface area contributed by atoms with Crippen LogP contribution < -0.4 is 5.32 Å². The second-order valence-corrected chi connectivity index (χ2v) is 8.52. The highest BCUT2D eigenvalue weighted by atomic mass is 19.1. The number of benzene rings is 2. The van der Waals surface area contributed by atoms with Crippen molar-refractivity contribution in [1.82, 2.24) is 9.55 Å². The lowest BCUT2D eigenvalue weighted by Crippen LogP contribution is -2.17. The van der Waals surface area contributed by atoms with Crippen molar-refractivity contribution in [3.05, 3.63) is 84.1 Å². The van der Waals surface area contributed by atoms with Crippen molar-refractivity contribution >= 4 is 17.5 Å². The van der Waals surface area contributed by atoms with Crippen molar-refractivity contribution in [3.8, 4) is 22.6 Å². The van der Waals surface area contributed by atoms with Crippen LogP contribution in [0.25, 0.3) is 22.6 Å². The summed E-state index contributed by atoms with van der Waals surface area (Å²) in [6.45, 7) is 1.53. The van der Waals surface area contributed by atoms with Crippen molar-refractivity contribution in [3.63, 3.8) is 0 Å². The van der Waals surface area contributed by atoms with E-state index in [1.807, 2.05) is 18.2 Å². The first-order chi connectivity index (χ1) is 16.5. The molecule has 172 valence electrons. The molecular formula is C27H24FN3O3. The molecule has 1 amide bonds. The number of ketones is 1. The molecule has 5 rings (SSSR count). The average Bonchev–Trinajstić information content (AvgIpc) is 3.61. The summed E-state index contributed by atoms with van der Waals surface area (Å²) in [6, 6.07) is 16.8. The van der Waals surface area contributed by atoms with Crippen LogP contribution in [0.3, 0.4) is 0 Å². The third kappa shape index (κ3) is 4.17. The maximum absolute atomic E-state index is 13.7. The molecule has 2 heterocycles. The first-order valence-corrected chi connectivity index (χ1v) is 11.4. The Hall–Kier alpha value is -4.00. The molecule has 1 aliphatic rings. The minimum absolute atomic E-state index is 0.0362. The van der Waals surface area contributed by atoms with Crippen LogP contribution in [0.4, 0.5) is 10.2 Å². The van der Waals surface area contributed by atoms with Gasteiger partial charge in [-0.1, -0.05) is 31.0 Å². The molecule has 0 unspecified atom stereocenters. The molecule has 0 spiro atoms. The number of amides is 1. The molecule has 34 heavy (non-hydrogen) atoms. The van der Waals surface area contributed by atoms with Crippen molar-refractivity contribution in [2.24, 2.45) is 0 Å². The van der Waals surface area contributed by atoms with Gasteiger partial charge in [-0.05, 0) is 62.2 Å². The molecule has 0 saturated heterocycles. The molecule has 6 nitrogen and oxygen atoms in total. The largest absolute Gasteiger partial charge is 0.459 e. The van der Waals surface area contributed by atoms with Crippen molar-refractivity contribution in [2.45, 2.75) is 38.6 Å². The number of anilines is 1. The van der Waals surface area contributed by atoms with Gasteiger partial charge in [0.2, 0.25) is 0 Å². The number of hydrogen-bond donors (Lipinski definition) is 1. The van der Waals surface area contributed by atoms with E-state index in [9.17, 15) is 14.0 Å². The lowest BCUT2D eigenvalue weighted by atomic mass is 10.1. The SMILES string of the molecule is CC(=O)c1cccc(-c2nc(-c3ccc(F)cc3)c(NC(=O)c3ccco3)n2C2CCCC2)c1. The lowest BCUT2D eigenvalue weighted by molar-refractivity contribution is 0.0993. The van der Waals surface area contributed by atoms with Gasteiger partial charge in [-0.2, -0.15) is 0 Å². The summed E-state index contributed by atoms with van der Waals surface area (Å²) in [5.41, 5.74) is 2.58. The lowest BCUT2D eigenvalue weighted by Gasteiger charge is -2.19. The highest BCUT2D eigenvalue weighted by Crippen LogP contribution is 2.41. The van der Waals surface area contributed by atoms with E-state index >= 15 is 0 Å². The summed E-state index contributed by atoms with van der Waals surface area (Å²) < 4.78 is 21.0. The van der Waals surface area contributed by atoms with E-state index in [2.05, 4.69) is 9.88 Å². The second kappa shape index (κ2) is 9.09. The van der Waals surface area contributed by atoms with E-state index in [1.54, 1.807) is 30.3 Å². The number of imidazole rings is 1. The third-order valence-corrected chi connectivity index (χ3v) is 6.22. The maximum Gasteiger partial charge on any atom is 0.292 e. The minimum Gasteiger partial charge on any atom is -0.459 e. The molecule has 0 bridgehead atoms. The Morgan fingerprint density at radius 2 is 1.79 bits per heavy atom. The second-order valence-electron chi connectivity index (χ2n) is 8.52. The molecular weight excluding hydrogens is 433 g/mol. The van der Waals surface area contributed by atoms with Gasteiger partial charge in [0.05, 0.1) is 6.26 Å². The summed E-state index contributed by atoms with van der Waals surface area (Å²) in [5, 5.41) is 3.01. The van der Waals surface area contributed by atoms with Gasteiger partial charge in [-0.3, -0.25) is 9.59 Å². The topological polar surface area (TPSA) is 77.1 Å². The smallest absolute Gasteiger partial charge is 0.292 e. The third-order valence-electron chi connectivity index (χ3n) is 6.22. The van der Waals surface area contributed by atoms with Gasteiger partial charge in [0, 0.05) is 22.7 Å². The van der Waals surface area contributed by atoms with E-state index in [4.69, 9.17) is 9.40 Å². The molecule has 0 atom stereocenters. The van der Waals surface area contributed by atoms with Gasteiger partial charge < -0.3 is 14.3 Å². The van der Waals surface area contributed by atoms with Gasteiger partial charge in [-0.25, -0.2) is 9.37 Å². The number of nitrogens with one attached hydrogen (secondary N) is 1. The maximum atomic E-state index is 13.7. The first kappa shape index (κ1) is 21.8. The Morgan fingerprint density at radius 1 is 1.03 bits per heavy atom. The molecule has 4 aromatic rings. The standard InChI is InChI=1S/C27H24FN3O3/c1-17(32)19-6-4-7-20(16-19)25-29-24(18-11-13-21(28)14-12-18)26(31(25)22-8-2-3-9-22)30-27(33)23-10-5-15-34-23/h4-7,10-16,22H,2-3,8-9H2,1H3,(H,30,33). The Bertz CT molecular complexity index is 1330. The van der Waals surface area contributed by atoms with Crippen LogP contribution in [-0.2, 0) is 0 Å². The van der Waals surface area contributed by atoms with Gasteiger partial charge in [0.25, 0.3) is 5.91 Å². The molecule has 2 aromatic carbocycles. The molecule has 1 N–H and O–H groups in total. The number of Topliss-reactive ketones (excluding diaryl/α,β-unsaturated/α-hetero) is 1. The molecule has 2 aromatic heterocycles. The Kier molecular flexibility index (Phi) is 5.84. The monoisotopic (exact) mass is 457 g/mol. The van der Waals surface area contributed by atoms with E-state index in [-0.39, 0.29) is 23.4 Å². The quantitative estimate of drug-likeness (QED) is 0.335. The number of aromatic nitrogens is 2. The summed E-state index contributed by atoms with van der Waals surface area (Å²) in [6.07, 6.45) is 5.49.